The largest absolute Gasteiger partial charge is 0.393 e. The zero-order valence-electron chi connectivity index (χ0n) is 18.6. The molecule has 170 valence electrons. The zero-order valence-corrected chi connectivity index (χ0v) is 18.6. The van der Waals surface area contributed by atoms with Gasteiger partial charge < -0.3 is 21.1 Å². The predicted molar refractivity (Wildman–Crippen MR) is 127 cm³/mol. The lowest BCUT2D eigenvalue weighted by atomic mass is 9.71. The van der Waals surface area contributed by atoms with Crippen LogP contribution >= 0.6 is 0 Å². The molecule has 0 spiro atoms. The summed E-state index contributed by atoms with van der Waals surface area (Å²) in [4.78, 5) is 28.4. The van der Waals surface area contributed by atoms with E-state index >= 15 is 0 Å². The summed E-state index contributed by atoms with van der Waals surface area (Å²) in [7, 11) is 0. The van der Waals surface area contributed by atoms with Gasteiger partial charge in [0.05, 0.1) is 6.10 Å². The number of likely N-dealkylation sites (tertiary alicyclic amines) is 1. The molecule has 1 saturated heterocycles. The Balaban J connectivity index is 1.38. The predicted octanol–water partition coefficient (Wildman–Crippen LogP) is 3.05. The minimum atomic E-state index is -1.27. The number of para-hydroxylation sites is 1. The number of anilines is 1. The molecule has 6 heteroatoms. The maximum Gasteiger partial charge on any atom is 0.235 e. The first-order chi connectivity index (χ1) is 15.5. The molecule has 3 aliphatic rings. The maximum absolute atomic E-state index is 13.5. The van der Waals surface area contributed by atoms with Gasteiger partial charge >= 0.3 is 0 Å². The number of unbranched alkanes of at least 4 members (excludes halogenated alkanes) is 2. The third-order valence-corrected chi connectivity index (χ3v) is 6.94. The minimum absolute atomic E-state index is 0.156. The highest BCUT2D eigenvalue weighted by Crippen LogP contribution is 2.38. The molecular formula is C26H33N3O3. The van der Waals surface area contributed by atoms with Crippen molar-refractivity contribution in [2.75, 3.05) is 31.5 Å². The molecule has 1 fully saturated rings. The van der Waals surface area contributed by atoms with E-state index in [1.165, 1.54) is 0 Å². The summed E-state index contributed by atoms with van der Waals surface area (Å²) >= 11 is 0. The lowest BCUT2D eigenvalue weighted by molar-refractivity contribution is -0.135. The monoisotopic (exact) mass is 435 g/mol. The van der Waals surface area contributed by atoms with Gasteiger partial charge in [-0.05, 0) is 55.5 Å². The molecular weight excluding hydrogens is 402 g/mol. The molecule has 0 saturated carbocycles. The number of carbonyl (C=O) groups excluding carboxylic acids is 2. The van der Waals surface area contributed by atoms with Crippen LogP contribution in [-0.2, 0) is 9.59 Å². The van der Waals surface area contributed by atoms with Gasteiger partial charge in [0.15, 0.2) is 5.78 Å². The molecule has 0 bridgehead atoms. The molecule has 0 radical (unpaired) electrons. The van der Waals surface area contributed by atoms with Crippen LogP contribution in [0.1, 0.15) is 44.1 Å². The third kappa shape index (κ3) is 4.71. The van der Waals surface area contributed by atoms with Crippen LogP contribution in [0.2, 0.25) is 0 Å². The molecule has 32 heavy (non-hydrogen) atoms. The van der Waals surface area contributed by atoms with Crippen molar-refractivity contribution in [3.8, 4) is 0 Å². The molecule has 1 aromatic carbocycles. The van der Waals surface area contributed by atoms with E-state index < -0.39 is 11.3 Å². The van der Waals surface area contributed by atoms with Gasteiger partial charge in [0, 0.05) is 30.9 Å². The Kier molecular flexibility index (Phi) is 6.92. The van der Waals surface area contributed by atoms with Gasteiger partial charge in [-0.1, -0.05) is 49.3 Å². The van der Waals surface area contributed by atoms with Gasteiger partial charge in [0.25, 0.3) is 0 Å². The summed E-state index contributed by atoms with van der Waals surface area (Å²) in [5.74, 6) is -0.760. The van der Waals surface area contributed by atoms with E-state index in [2.05, 4.69) is 10.2 Å². The number of nitrogens with one attached hydrogen (secondary N) is 1. The fourth-order valence-electron chi connectivity index (χ4n) is 4.91. The highest BCUT2D eigenvalue weighted by molar-refractivity contribution is 6.18. The Labute approximate surface area is 189 Å². The van der Waals surface area contributed by atoms with Crippen LogP contribution < -0.4 is 11.1 Å². The van der Waals surface area contributed by atoms with Gasteiger partial charge in [0.2, 0.25) is 5.91 Å². The van der Waals surface area contributed by atoms with Crippen molar-refractivity contribution in [2.45, 2.75) is 44.6 Å². The van der Waals surface area contributed by atoms with Crippen LogP contribution in [0, 0.1) is 5.41 Å². The van der Waals surface area contributed by atoms with E-state index in [-0.39, 0.29) is 11.9 Å². The van der Waals surface area contributed by atoms with E-state index in [9.17, 15) is 14.7 Å². The van der Waals surface area contributed by atoms with Crippen molar-refractivity contribution in [2.24, 2.45) is 11.1 Å². The minimum Gasteiger partial charge on any atom is -0.393 e. The molecule has 1 atom stereocenters. The number of carbonyl (C=O) groups is 2. The van der Waals surface area contributed by atoms with Crippen LogP contribution in [0.15, 0.2) is 53.6 Å². The Morgan fingerprint density at radius 1 is 1.19 bits per heavy atom. The number of rotatable bonds is 8. The molecule has 4 N–H and O–H groups in total. The third-order valence-electron chi connectivity index (χ3n) is 6.94. The number of aliphatic hydroxyl groups excluding tert-OH is 1. The summed E-state index contributed by atoms with van der Waals surface area (Å²) in [6.45, 7) is 3.41. The number of aliphatic hydroxyl groups is 1. The van der Waals surface area contributed by atoms with E-state index in [1.807, 2.05) is 36.4 Å². The number of primary amides is 1. The number of piperidine rings is 1. The normalized spacial score (nSPS) is 23.8. The lowest BCUT2D eigenvalue weighted by Gasteiger charge is -2.31. The van der Waals surface area contributed by atoms with E-state index in [0.717, 1.165) is 68.6 Å². The molecule has 1 aliphatic carbocycles. The number of benzene rings is 1. The van der Waals surface area contributed by atoms with Crippen LogP contribution in [0.25, 0.3) is 6.08 Å². The summed E-state index contributed by atoms with van der Waals surface area (Å²) in [5.41, 5.74) is 8.06. The van der Waals surface area contributed by atoms with Crippen molar-refractivity contribution in [1.29, 1.82) is 0 Å². The quantitative estimate of drug-likeness (QED) is 0.431. The van der Waals surface area contributed by atoms with Crippen LogP contribution in [0.5, 0.6) is 0 Å². The molecule has 1 amide bonds. The average Bonchev–Trinajstić information content (AvgIpc) is 2.80. The highest BCUT2D eigenvalue weighted by Gasteiger charge is 2.44. The van der Waals surface area contributed by atoms with Gasteiger partial charge in [-0.2, -0.15) is 0 Å². The van der Waals surface area contributed by atoms with E-state index in [4.69, 9.17) is 5.73 Å². The van der Waals surface area contributed by atoms with Crippen molar-refractivity contribution in [3.63, 3.8) is 0 Å². The standard InChI is InChI=1S/C26H33N3O3/c27-25(32)26(12-4-1-5-14-29-15-10-21(30)11-16-29)13-6-8-22(24(26)31)20-17-19-7-2-3-9-23(19)28-18-20/h2-3,6-9,13,17,21,28,30H,1,4-5,10-12,14-16,18H2,(H2,27,32). The number of Topliss-reactive ketones (excluding diaryl/α,β-unsaturated/α-hetero) is 1. The van der Waals surface area contributed by atoms with Crippen molar-refractivity contribution in [3.05, 3.63) is 59.2 Å². The number of amides is 1. The Hall–Kier alpha value is -2.70. The van der Waals surface area contributed by atoms with Gasteiger partial charge in [-0.3, -0.25) is 9.59 Å². The number of hydrogen-bond donors (Lipinski definition) is 3. The first-order valence-corrected chi connectivity index (χ1v) is 11.7. The number of ketones is 1. The topological polar surface area (TPSA) is 95.7 Å². The van der Waals surface area contributed by atoms with Gasteiger partial charge in [-0.15, -0.1) is 0 Å². The lowest BCUT2D eigenvalue weighted by Crippen LogP contribution is -2.44. The Morgan fingerprint density at radius 3 is 2.75 bits per heavy atom. The van der Waals surface area contributed by atoms with Crippen LogP contribution in [-0.4, -0.2) is 54.0 Å². The maximum atomic E-state index is 13.5. The number of hydrogen-bond acceptors (Lipinski definition) is 5. The summed E-state index contributed by atoms with van der Waals surface area (Å²) in [5, 5.41) is 13.0. The smallest absolute Gasteiger partial charge is 0.235 e. The summed E-state index contributed by atoms with van der Waals surface area (Å²) in [6, 6.07) is 7.97. The number of allylic oxidation sites excluding steroid dienone is 2. The molecule has 6 nitrogen and oxygen atoms in total. The Morgan fingerprint density at radius 2 is 1.97 bits per heavy atom. The second kappa shape index (κ2) is 9.84. The second-order valence-electron chi connectivity index (χ2n) is 9.10. The number of nitrogens with two attached hydrogens (primary N) is 1. The highest BCUT2D eigenvalue weighted by atomic mass is 16.3. The molecule has 0 aromatic heterocycles. The van der Waals surface area contributed by atoms with E-state index in [1.54, 1.807) is 12.2 Å². The summed E-state index contributed by atoms with van der Waals surface area (Å²) in [6.07, 6.45) is 12.0. The number of fused-ring (bicyclic) bond motifs is 1. The number of nitrogens with zero attached hydrogens (tertiary/aromatic N) is 1. The summed E-state index contributed by atoms with van der Waals surface area (Å²) < 4.78 is 0. The van der Waals surface area contributed by atoms with Crippen molar-refractivity contribution in [1.82, 2.24) is 4.90 Å². The van der Waals surface area contributed by atoms with Gasteiger partial charge in [-0.25, -0.2) is 0 Å². The SMILES string of the molecule is NC(=O)C1(CCCCCN2CCC(O)CC2)C=CC=C(C2=Cc3ccccc3NC2)C1=O. The van der Waals surface area contributed by atoms with E-state index in [0.29, 0.717) is 18.5 Å². The molecule has 2 aliphatic heterocycles. The van der Waals surface area contributed by atoms with Crippen molar-refractivity contribution >= 4 is 23.5 Å². The molecule has 1 aromatic rings. The fraction of sp³-hybridized carbons (Fsp3) is 0.462. The molecule has 2 heterocycles. The van der Waals surface area contributed by atoms with Crippen molar-refractivity contribution < 1.29 is 14.7 Å². The fourth-order valence-corrected chi connectivity index (χ4v) is 4.91. The average molecular weight is 436 g/mol. The second-order valence-corrected chi connectivity index (χ2v) is 9.10. The first-order valence-electron chi connectivity index (χ1n) is 11.7. The van der Waals surface area contributed by atoms with Crippen LogP contribution in [0.3, 0.4) is 0 Å². The van der Waals surface area contributed by atoms with Crippen LogP contribution in [0.4, 0.5) is 5.69 Å². The molecule has 4 rings (SSSR count). The zero-order chi connectivity index (χ0) is 22.6. The first kappa shape index (κ1) is 22.5. The molecule has 1 unspecified atom stereocenters. The van der Waals surface area contributed by atoms with Gasteiger partial charge in [0.1, 0.15) is 5.41 Å². The Bertz CT molecular complexity index is 957.